The molecule has 0 amide bonds. The largest absolute Gasteiger partial charge is 0.381 e. The molecular weight excluding hydrogens is 413 g/mol. The molecule has 1 unspecified atom stereocenters. The van der Waals surface area contributed by atoms with Gasteiger partial charge in [-0.3, -0.25) is 4.40 Å². The van der Waals surface area contributed by atoms with Gasteiger partial charge >= 0.3 is 0 Å². The number of ether oxygens (including phenoxy) is 1. The lowest BCUT2D eigenvalue weighted by Gasteiger charge is -2.13. The summed E-state index contributed by atoms with van der Waals surface area (Å²) in [6.07, 6.45) is 5.18. The van der Waals surface area contributed by atoms with Crippen LogP contribution in [0.5, 0.6) is 0 Å². The Morgan fingerprint density at radius 3 is 3.18 bits per heavy atom. The van der Waals surface area contributed by atoms with Gasteiger partial charge in [-0.15, -0.1) is 35.3 Å². The number of hydrogen-bond acceptors (Lipinski definition) is 4. The number of thiazole rings is 1. The third kappa shape index (κ3) is 4.56. The van der Waals surface area contributed by atoms with Gasteiger partial charge in [-0.2, -0.15) is 0 Å². The van der Waals surface area contributed by atoms with Gasteiger partial charge in [0.15, 0.2) is 10.9 Å². The van der Waals surface area contributed by atoms with Crippen molar-refractivity contribution in [3.63, 3.8) is 0 Å². The molecule has 0 saturated carbocycles. The Hall–Kier alpha value is -0.870. The highest BCUT2D eigenvalue weighted by atomic mass is 127. The van der Waals surface area contributed by atoms with Crippen molar-refractivity contribution in [2.75, 3.05) is 26.3 Å². The van der Waals surface area contributed by atoms with Gasteiger partial charge in [0.2, 0.25) is 0 Å². The lowest BCUT2D eigenvalue weighted by molar-refractivity contribution is 0.186. The molecule has 8 heteroatoms. The molecule has 1 fully saturated rings. The predicted molar refractivity (Wildman–Crippen MR) is 100 cm³/mol. The van der Waals surface area contributed by atoms with Crippen LogP contribution in [0.25, 0.3) is 4.96 Å². The molecule has 3 rings (SSSR count). The number of nitrogens with one attached hydrogen (secondary N) is 2. The van der Waals surface area contributed by atoms with E-state index in [1.807, 2.05) is 22.2 Å². The van der Waals surface area contributed by atoms with Crippen LogP contribution in [0.4, 0.5) is 0 Å². The number of fused-ring (bicyclic) bond motifs is 1. The molecule has 2 N–H and O–H groups in total. The van der Waals surface area contributed by atoms with Crippen LogP contribution in [0.3, 0.4) is 0 Å². The maximum Gasteiger partial charge on any atom is 0.193 e. The Morgan fingerprint density at radius 1 is 1.55 bits per heavy atom. The summed E-state index contributed by atoms with van der Waals surface area (Å²) in [6.45, 7) is 6.15. The molecule has 122 valence electrons. The maximum absolute atomic E-state index is 5.39. The van der Waals surface area contributed by atoms with E-state index in [9.17, 15) is 0 Å². The predicted octanol–water partition coefficient (Wildman–Crippen LogP) is 2.11. The lowest BCUT2D eigenvalue weighted by Crippen LogP contribution is -2.39. The molecule has 1 atom stereocenters. The average molecular weight is 435 g/mol. The smallest absolute Gasteiger partial charge is 0.193 e. The number of nitrogens with zero attached hydrogens (tertiary/aromatic N) is 3. The van der Waals surface area contributed by atoms with Crippen molar-refractivity contribution in [1.82, 2.24) is 20.0 Å². The Bertz CT molecular complexity index is 577. The number of guanidine groups is 1. The van der Waals surface area contributed by atoms with Crippen LogP contribution in [-0.2, 0) is 11.3 Å². The topological polar surface area (TPSA) is 63.0 Å². The summed E-state index contributed by atoms with van der Waals surface area (Å²) in [5.41, 5.74) is 0.989. The maximum atomic E-state index is 5.39. The van der Waals surface area contributed by atoms with Gasteiger partial charge in [0.1, 0.15) is 0 Å². The fourth-order valence-electron chi connectivity index (χ4n) is 2.34. The molecule has 0 radical (unpaired) electrons. The zero-order valence-electron chi connectivity index (χ0n) is 12.6. The van der Waals surface area contributed by atoms with Crippen LogP contribution in [-0.4, -0.2) is 41.6 Å². The molecule has 0 aromatic carbocycles. The first-order chi connectivity index (χ1) is 10.3. The van der Waals surface area contributed by atoms with Crippen LogP contribution >= 0.6 is 35.3 Å². The van der Waals surface area contributed by atoms with Gasteiger partial charge in [0.25, 0.3) is 0 Å². The molecule has 1 saturated heterocycles. The highest BCUT2D eigenvalue weighted by molar-refractivity contribution is 14.0. The van der Waals surface area contributed by atoms with Crippen molar-refractivity contribution in [1.29, 1.82) is 0 Å². The van der Waals surface area contributed by atoms with Crippen molar-refractivity contribution in [3.8, 4) is 0 Å². The van der Waals surface area contributed by atoms with Gasteiger partial charge in [0, 0.05) is 43.4 Å². The van der Waals surface area contributed by atoms with Crippen molar-refractivity contribution < 1.29 is 4.74 Å². The van der Waals surface area contributed by atoms with E-state index in [2.05, 4.69) is 27.5 Å². The van der Waals surface area contributed by atoms with Crippen LogP contribution in [0, 0.1) is 5.92 Å². The van der Waals surface area contributed by atoms with Gasteiger partial charge < -0.3 is 15.4 Å². The lowest BCUT2D eigenvalue weighted by atomic mass is 10.1. The van der Waals surface area contributed by atoms with Crippen molar-refractivity contribution in [2.24, 2.45) is 10.9 Å². The molecule has 0 bridgehead atoms. The van der Waals surface area contributed by atoms with Gasteiger partial charge in [-0.05, 0) is 13.3 Å². The van der Waals surface area contributed by atoms with Crippen LogP contribution < -0.4 is 10.6 Å². The van der Waals surface area contributed by atoms with E-state index in [1.165, 1.54) is 0 Å². The number of aliphatic imine (C=N–C) groups is 1. The molecule has 6 nitrogen and oxygen atoms in total. The molecule has 2 aromatic rings. The number of aromatic nitrogens is 2. The Labute approximate surface area is 151 Å². The summed E-state index contributed by atoms with van der Waals surface area (Å²) < 4.78 is 7.43. The minimum Gasteiger partial charge on any atom is -0.381 e. The molecule has 2 aromatic heterocycles. The van der Waals surface area contributed by atoms with Crippen molar-refractivity contribution >= 4 is 46.2 Å². The summed E-state index contributed by atoms with van der Waals surface area (Å²) in [5, 5.41) is 8.69. The Balaban J connectivity index is 0.00000176. The number of halogens is 1. The van der Waals surface area contributed by atoms with E-state index in [1.54, 1.807) is 11.3 Å². The van der Waals surface area contributed by atoms with E-state index >= 15 is 0 Å². The molecule has 3 heterocycles. The van der Waals surface area contributed by atoms with E-state index in [0.29, 0.717) is 12.5 Å². The third-order valence-electron chi connectivity index (χ3n) is 3.47. The first-order valence-electron chi connectivity index (χ1n) is 7.36. The number of rotatable bonds is 5. The normalized spacial score (nSPS) is 18.4. The van der Waals surface area contributed by atoms with Gasteiger partial charge in [-0.1, -0.05) is 0 Å². The minimum absolute atomic E-state index is 0. The second-order valence-electron chi connectivity index (χ2n) is 5.13. The van der Waals surface area contributed by atoms with E-state index in [4.69, 9.17) is 4.74 Å². The summed E-state index contributed by atoms with van der Waals surface area (Å²) in [6, 6.07) is 0. The average Bonchev–Trinajstić information content (AvgIpc) is 3.18. The molecule has 0 aliphatic carbocycles. The van der Waals surface area contributed by atoms with Crippen molar-refractivity contribution in [2.45, 2.75) is 19.9 Å². The zero-order chi connectivity index (χ0) is 14.5. The summed E-state index contributed by atoms with van der Waals surface area (Å²) in [5.74, 6) is 1.44. The van der Waals surface area contributed by atoms with Crippen LogP contribution in [0.1, 0.15) is 19.0 Å². The molecule has 1 aliphatic rings. The number of imidazole rings is 1. The fourth-order valence-corrected chi connectivity index (χ4v) is 3.06. The van der Waals surface area contributed by atoms with Gasteiger partial charge in [-0.25, -0.2) is 9.98 Å². The highest BCUT2D eigenvalue weighted by Gasteiger charge is 2.15. The van der Waals surface area contributed by atoms with E-state index in [0.717, 1.165) is 49.3 Å². The zero-order valence-corrected chi connectivity index (χ0v) is 15.8. The van der Waals surface area contributed by atoms with Crippen molar-refractivity contribution in [3.05, 3.63) is 23.5 Å². The second-order valence-corrected chi connectivity index (χ2v) is 6.00. The van der Waals surface area contributed by atoms with Crippen LogP contribution in [0.2, 0.25) is 0 Å². The van der Waals surface area contributed by atoms with E-state index in [-0.39, 0.29) is 24.0 Å². The first-order valence-corrected chi connectivity index (χ1v) is 8.24. The van der Waals surface area contributed by atoms with Gasteiger partial charge in [0.05, 0.1) is 18.8 Å². The summed E-state index contributed by atoms with van der Waals surface area (Å²) in [7, 11) is 0. The quantitative estimate of drug-likeness (QED) is 0.429. The molecular formula is C14H22IN5OS. The molecule has 22 heavy (non-hydrogen) atoms. The second kappa shape index (κ2) is 8.68. The SMILES string of the molecule is CCNC(=NCc1cn2ccsc2n1)NCC1CCOC1.I. The minimum atomic E-state index is 0. The van der Waals surface area contributed by atoms with E-state index < -0.39 is 0 Å². The summed E-state index contributed by atoms with van der Waals surface area (Å²) >= 11 is 1.64. The fraction of sp³-hybridized carbons (Fsp3) is 0.571. The highest BCUT2D eigenvalue weighted by Crippen LogP contribution is 2.12. The third-order valence-corrected chi connectivity index (χ3v) is 4.24. The molecule has 0 spiro atoms. The van der Waals surface area contributed by atoms with Crippen LogP contribution in [0.15, 0.2) is 22.8 Å². The summed E-state index contributed by atoms with van der Waals surface area (Å²) in [4.78, 5) is 10.2. The standard InChI is InChI=1S/C14H21N5OS.HI/c1-2-15-13(16-7-11-3-5-20-10-11)17-8-12-9-19-4-6-21-14(19)18-12;/h4,6,9,11H,2-3,5,7-8,10H2,1H3,(H2,15,16,17);1H. The molecule has 1 aliphatic heterocycles. The number of hydrogen-bond donors (Lipinski definition) is 2. The monoisotopic (exact) mass is 435 g/mol. The Kier molecular flexibility index (Phi) is 6.90. The Morgan fingerprint density at radius 2 is 2.45 bits per heavy atom. The first kappa shape index (κ1) is 17.5.